The number of rotatable bonds is 6. The Hall–Kier alpha value is -2.49. The average molecular weight is 497 g/mol. The zero-order valence-corrected chi connectivity index (χ0v) is 19.5. The molecule has 0 unspecified atom stereocenters. The molecule has 1 fully saturated rings. The minimum atomic E-state index is -3.92. The van der Waals surface area contributed by atoms with E-state index in [2.05, 4.69) is 4.72 Å². The van der Waals surface area contributed by atoms with E-state index in [0.717, 1.165) is 0 Å². The molecular weight excluding hydrogens is 476 g/mol. The van der Waals surface area contributed by atoms with Gasteiger partial charge >= 0.3 is 0 Å². The number of carbonyl (C=O) groups is 1. The number of carbonyl (C=O) groups excluding carboxylic acids is 1. The van der Waals surface area contributed by atoms with Crippen LogP contribution in [0.1, 0.15) is 12.5 Å². The second kappa shape index (κ2) is 9.56. The number of piperazine rings is 1. The van der Waals surface area contributed by atoms with E-state index in [-0.39, 0.29) is 36.0 Å². The Morgan fingerprint density at radius 3 is 2.03 bits per heavy atom. The highest BCUT2D eigenvalue weighted by molar-refractivity contribution is 7.89. The van der Waals surface area contributed by atoms with Gasteiger partial charge in [-0.2, -0.15) is 14.3 Å². The van der Waals surface area contributed by atoms with Gasteiger partial charge in [-0.25, -0.2) is 16.8 Å². The summed E-state index contributed by atoms with van der Waals surface area (Å²) in [5, 5.41) is 9.25. The molecule has 0 radical (unpaired) electrons. The summed E-state index contributed by atoms with van der Waals surface area (Å²) in [5.41, 5.74) is 0.356. The molecule has 32 heavy (non-hydrogen) atoms. The monoisotopic (exact) mass is 496 g/mol. The fourth-order valence-corrected chi connectivity index (χ4v) is 5.98. The van der Waals surface area contributed by atoms with Gasteiger partial charge in [0.05, 0.1) is 27.5 Å². The van der Waals surface area contributed by atoms with Gasteiger partial charge in [0.2, 0.25) is 26.0 Å². The number of hydrogen-bond acceptors (Lipinski definition) is 6. The van der Waals surface area contributed by atoms with Crippen LogP contribution in [0.15, 0.2) is 58.3 Å². The molecule has 170 valence electrons. The third kappa shape index (κ3) is 5.28. The molecule has 2 aromatic rings. The van der Waals surface area contributed by atoms with Gasteiger partial charge in [0.15, 0.2) is 0 Å². The summed E-state index contributed by atoms with van der Waals surface area (Å²) in [6, 6.07) is 12.1. The maximum Gasteiger partial charge on any atom is 0.243 e. The van der Waals surface area contributed by atoms with Gasteiger partial charge in [-0.05, 0) is 55.5 Å². The van der Waals surface area contributed by atoms with E-state index >= 15 is 0 Å². The number of sulfonamides is 2. The van der Waals surface area contributed by atoms with Crippen molar-refractivity contribution in [2.45, 2.75) is 22.8 Å². The average Bonchev–Trinajstić information content (AvgIpc) is 2.78. The molecule has 1 aliphatic rings. The van der Waals surface area contributed by atoms with E-state index < -0.39 is 32.0 Å². The van der Waals surface area contributed by atoms with E-state index in [1.165, 1.54) is 64.7 Å². The highest BCUT2D eigenvalue weighted by Crippen LogP contribution is 2.19. The summed E-state index contributed by atoms with van der Waals surface area (Å²) in [5.74, 6) is -0.446. The predicted molar refractivity (Wildman–Crippen MR) is 118 cm³/mol. The Morgan fingerprint density at radius 2 is 1.50 bits per heavy atom. The maximum atomic E-state index is 12.8. The Morgan fingerprint density at radius 1 is 0.969 bits per heavy atom. The van der Waals surface area contributed by atoms with Crippen molar-refractivity contribution in [1.82, 2.24) is 13.9 Å². The van der Waals surface area contributed by atoms with Crippen molar-refractivity contribution in [2.24, 2.45) is 0 Å². The molecule has 9 nitrogen and oxygen atoms in total. The van der Waals surface area contributed by atoms with Crippen molar-refractivity contribution in [3.63, 3.8) is 0 Å². The highest BCUT2D eigenvalue weighted by Gasteiger charge is 2.32. The van der Waals surface area contributed by atoms with Gasteiger partial charge in [0, 0.05) is 31.2 Å². The van der Waals surface area contributed by atoms with Gasteiger partial charge in [-0.3, -0.25) is 4.79 Å². The summed E-state index contributed by atoms with van der Waals surface area (Å²) in [6.45, 7) is 1.84. The van der Waals surface area contributed by atoms with Gasteiger partial charge in [0.1, 0.15) is 0 Å². The molecule has 0 aromatic heterocycles. The largest absolute Gasteiger partial charge is 0.339 e. The summed E-state index contributed by atoms with van der Waals surface area (Å²) in [4.78, 5) is 14.2. The lowest BCUT2D eigenvalue weighted by Gasteiger charge is -2.35. The molecule has 1 saturated heterocycles. The fraction of sp³-hybridized carbons (Fsp3) is 0.300. The topological polar surface area (TPSA) is 128 Å². The van der Waals surface area contributed by atoms with Crippen LogP contribution in [0.4, 0.5) is 0 Å². The van der Waals surface area contributed by atoms with Crippen molar-refractivity contribution in [2.75, 3.05) is 26.2 Å². The van der Waals surface area contributed by atoms with Gasteiger partial charge < -0.3 is 4.90 Å². The number of nitriles is 1. The minimum absolute atomic E-state index is 0.0140. The Bertz CT molecular complexity index is 1230. The summed E-state index contributed by atoms with van der Waals surface area (Å²) >= 11 is 5.78. The zero-order chi connectivity index (χ0) is 23.5. The molecule has 0 aliphatic carbocycles. The Labute approximate surface area is 192 Å². The summed E-state index contributed by atoms with van der Waals surface area (Å²) < 4.78 is 54.2. The van der Waals surface area contributed by atoms with Crippen LogP contribution in [-0.2, 0) is 24.8 Å². The lowest BCUT2D eigenvalue weighted by atomic mass is 10.2. The molecule has 0 spiro atoms. The van der Waals surface area contributed by atoms with E-state index in [9.17, 15) is 21.6 Å². The van der Waals surface area contributed by atoms with E-state index in [4.69, 9.17) is 16.9 Å². The van der Waals surface area contributed by atoms with E-state index in [1.807, 2.05) is 6.07 Å². The molecule has 12 heteroatoms. The normalized spacial score (nSPS) is 16.3. The molecule has 1 atom stereocenters. The van der Waals surface area contributed by atoms with E-state index in [1.54, 1.807) is 0 Å². The SMILES string of the molecule is C[C@H](NS(=O)(=O)c1ccc(Cl)cc1)C(=O)N1CCN(S(=O)(=O)c2ccc(C#N)cc2)CC1. The third-order valence-electron chi connectivity index (χ3n) is 5.00. The van der Waals surface area contributed by atoms with Crippen molar-refractivity contribution < 1.29 is 21.6 Å². The number of halogens is 1. The molecule has 1 amide bonds. The number of benzene rings is 2. The Kier molecular flexibility index (Phi) is 7.22. The summed E-state index contributed by atoms with van der Waals surface area (Å²) in [7, 11) is -7.68. The quantitative estimate of drug-likeness (QED) is 0.644. The van der Waals surface area contributed by atoms with Crippen LogP contribution in [0.3, 0.4) is 0 Å². The molecule has 1 aliphatic heterocycles. The van der Waals surface area contributed by atoms with E-state index in [0.29, 0.717) is 10.6 Å². The molecule has 0 saturated carbocycles. The first-order valence-electron chi connectivity index (χ1n) is 9.61. The third-order valence-corrected chi connectivity index (χ3v) is 8.72. The Balaban J connectivity index is 1.62. The zero-order valence-electron chi connectivity index (χ0n) is 17.1. The maximum absolute atomic E-state index is 12.8. The molecule has 1 heterocycles. The smallest absolute Gasteiger partial charge is 0.243 e. The van der Waals surface area contributed by atoms with Crippen LogP contribution in [0.25, 0.3) is 0 Å². The van der Waals surface area contributed by atoms with Crippen LogP contribution in [0.2, 0.25) is 5.02 Å². The van der Waals surface area contributed by atoms with Gasteiger partial charge in [-0.1, -0.05) is 11.6 Å². The standard InChI is InChI=1S/C20H21ClN4O5S2/c1-15(23-31(27,28)18-8-4-17(21)5-9-18)20(26)24-10-12-25(13-11-24)32(29,30)19-6-2-16(14-22)3-7-19/h2-9,15,23H,10-13H2,1H3/t15-/m0/s1. The van der Waals surface area contributed by atoms with Crippen LogP contribution >= 0.6 is 11.6 Å². The lowest BCUT2D eigenvalue weighted by Crippen LogP contribution is -2.55. The first-order chi connectivity index (χ1) is 15.0. The van der Waals surface area contributed by atoms with Gasteiger partial charge in [0.25, 0.3) is 0 Å². The first-order valence-corrected chi connectivity index (χ1v) is 12.9. The van der Waals surface area contributed by atoms with Crippen molar-refractivity contribution >= 4 is 37.6 Å². The second-order valence-corrected chi connectivity index (χ2v) is 11.3. The van der Waals surface area contributed by atoms with Crippen molar-refractivity contribution in [3.05, 3.63) is 59.1 Å². The van der Waals surface area contributed by atoms with Crippen LogP contribution in [0, 0.1) is 11.3 Å². The van der Waals surface area contributed by atoms with Crippen LogP contribution in [0.5, 0.6) is 0 Å². The number of amides is 1. The number of nitrogens with one attached hydrogen (secondary N) is 1. The summed E-state index contributed by atoms with van der Waals surface area (Å²) in [6.07, 6.45) is 0. The van der Waals surface area contributed by atoms with Gasteiger partial charge in [-0.15, -0.1) is 0 Å². The van der Waals surface area contributed by atoms with Crippen molar-refractivity contribution in [3.8, 4) is 6.07 Å². The fourth-order valence-electron chi connectivity index (χ4n) is 3.24. The molecule has 3 rings (SSSR count). The first kappa shape index (κ1) is 24.2. The van der Waals surface area contributed by atoms with Crippen LogP contribution < -0.4 is 4.72 Å². The van der Waals surface area contributed by atoms with Crippen molar-refractivity contribution in [1.29, 1.82) is 5.26 Å². The van der Waals surface area contributed by atoms with Crippen LogP contribution in [-0.4, -0.2) is 64.2 Å². The molecule has 1 N–H and O–H groups in total. The highest BCUT2D eigenvalue weighted by atomic mass is 35.5. The number of nitrogens with zero attached hydrogens (tertiary/aromatic N) is 3. The molecular formula is C20H21ClN4O5S2. The molecule has 2 aromatic carbocycles. The second-order valence-electron chi connectivity index (χ2n) is 7.16. The molecule has 0 bridgehead atoms. The lowest BCUT2D eigenvalue weighted by molar-refractivity contribution is -0.133. The minimum Gasteiger partial charge on any atom is -0.339 e. The predicted octanol–water partition coefficient (Wildman–Crippen LogP) is 1.41. The number of hydrogen-bond donors (Lipinski definition) is 1.